The molecule has 108 valence electrons. The van der Waals surface area contributed by atoms with Crippen LogP contribution >= 0.6 is 0 Å². The Balaban J connectivity index is 2.03. The summed E-state index contributed by atoms with van der Waals surface area (Å²) in [6, 6.07) is 9.23. The molecular weight excluding hydrogens is 274 g/mol. The molecule has 5 heteroatoms. The van der Waals surface area contributed by atoms with Crippen LogP contribution in [0, 0.1) is 11.6 Å². The zero-order valence-electron chi connectivity index (χ0n) is 11.3. The number of anilines is 2. The van der Waals surface area contributed by atoms with Gasteiger partial charge in [0, 0.05) is 18.3 Å². The van der Waals surface area contributed by atoms with Crippen molar-refractivity contribution in [1.29, 1.82) is 0 Å². The normalized spacial score (nSPS) is 13.9. The van der Waals surface area contributed by atoms with Crippen LogP contribution in [0.2, 0.25) is 0 Å². The number of nitrogen functional groups attached to an aromatic ring is 1. The number of amides is 1. The van der Waals surface area contributed by atoms with Crippen LogP contribution in [0.1, 0.15) is 22.3 Å². The van der Waals surface area contributed by atoms with Crippen molar-refractivity contribution in [2.24, 2.45) is 0 Å². The number of aryl methyl sites for hydroxylation is 1. The molecule has 2 aromatic rings. The molecule has 0 unspecified atom stereocenters. The minimum Gasteiger partial charge on any atom is -0.396 e. The van der Waals surface area contributed by atoms with Crippen LogP contribution in [-0.2, 0) is 6.42 Å². The van der Waals surface area contributed by atoms with Gasteiger partial charge in [-0.2, -0.15) is 0 Å². The Morgan fingerprint density at radius 2 is 1.90 bits per heavy atom. The predicted octanol–water partition coefficient (Wildman–Crippen LogP) is 3.14. The first-order valence-electron chi connectivity index (χ1n) is 6.72. The van der Waals surface area contributed by atoms with Gasteiger partial charge in [0.2, 0.25) is 0 Å². The first kappa shape index (κ1) is 13.5. The highest BCUT2D eigenvalue weighted by atomic mass is 19.1. The number of fused-ring (bicyclic) bond motifs is 1. The van der Waals surface area contributed by atoms with Gasteiger partial charge in [0.05, 0.1) is 11.3 Å². The van der Waals surface area contributed by atoms with Gasteiger partial charge in [0.1, 0.15) is 11.6 Å². The van der Waals surface area contributed by atoms with E-state index in [0.29, 0.717) is 12.6 Å². The number of hydrogen-bond acceptors (Lipinski definition) is 2. The van der Waals surface area contributed by atoms with Crippen LogP contribution in [0.5, 0.6) is 0 Å². The molecule has 3 rings (SSSR count). The summed E-state index contributed by atoms with van der Waals surface area (Å²) in [5.74, 6) is -2.25. The number of hydrogen-bond donors (Lipinski definition) is 1. The van der Waals surface area contributed by atoms with E-state index in [-0.39, 0.29) is 11.3 Å². The zero-order chi connectivity index (χ0) is 15.0. The molecule has 0 radical (unpaired) electrons. The Morgan fingerprint density at radius 3 is 2.71 bits per heavy atom. The van der Waals surface area contributed by atoms with E-state index in [2.05, 4.69) is 0 Å². The molecule has 3 nitrogen and oxygen atoms in total. The standard InChI is InChI=1S/C16H14F2N2O/c17-12-9-13(18)14(19)8-11(12)16(21)20-7-3-5-10-4-1-2-6-15(10)20/h1-2,4,6,8-9H,3,5,7,19H2. The highest BCUT2D eigenvalue weighted by molar-refractivity contribution is 6.07. The third-order valence-electron chi connectivity index (χ3n) is 3.67. The van der Waals surface area contributed by atoms with E-state index in [0.717, 1.165) is 30.2 Å². The molecule has 1 aliphatic heterocycles. The molecule has 1 amide bonds. The van der Waals surface area contributed by atoms with Crippen molar-refractivity contribution in [1.82, 2.24) is 0 Å². The molecule has 1 heterocycles. The second-order valence-corrected chi connectivity index (χ2v) is 5.04. The lowest BCUT2D eigenvalue weighted by Crippen LogP contribution is -2.36. The van der Waals surface area contributed by atoms with E-state index in [1.807, 2.05) is 24.3 Å². The lowest BCUT2D eigenvalue weighted by atomic mass is 10.0. The summed E-state index contributed by atoms with van der Waals surface area (Å²) in [6.07, 6.45) is 1.69. The molecule has 0 saturated carbocycles. The van der Waals surface area contributed by atoms with E-state index in [1.165, 1.54) is 4.90 Å². The average molecular weight is 288 g/mol. The number of carbonyl (C=O) groups is 1. The summed E-state index contributed by atoms with van der Waals surface area (Å²) in [5.41, 5.74) is 6.83. The number of para-hydroxylation sites is 1. The van der Waals surface area contributed by atoms with Crippen molar-refractivity contribution < 1.29 is 13.6 Å². The largest absolute Gasteiger partial charge is 0.396 e. The van der Waals surface area contributed by atoms with Gasteiger partial charge in [-0.3, -0.25) is 4.79 Å². The SMILES string of the molecule is Nc1cc(C(=O)N2CCCc3ccccc32)c(F)cc1F. The fraction of sp³-hybridized carbons (Fsp3) is 0.188. The van der Waals surface area contributed by atoms with Crippen LogP contribution < -0.4 is 10.6 Å². The fourth-order valence-electron chi connectivity index (χ4n) is 2.62. The Bertz CT molecular complexity index is 715. The number of nitrogens with zero attached hydrogens (tertiary/aromatic N) is 1. The number of carbonyl (C=O) groups excluding carboxylic acids is 1. The average Bonchev–Trinajstić information content (AvgIpc) is 2.49. The fourth-order valence-corrected chi connectivity index (χ4v) is 2.62. The van der Waals surface area contributed by atoms with E-state index in [1.54, 1.807) is 0 Å². The van der Waals surface area contributed by atoms with Crippen molar-refractivity contribution >= 4 is 17.3 Å². The van der Waals surface area contributed by atoms with Crippen LogP contribution in [-0.4, -0.2) is 12.5 Å². The lowest BCUT2D eigenvalue weighted by molar-refractivity contribution is 0.0981. The molecule has 0 atom stereocenters. The number of rotatable bonds is 1. The monoisotopic (exact) mass is 288 g/mol. The quantitative estimate of drug-likeness (QED) is 0.819. The molecule has 0 bridgehead atoms. The summed E-state index contributed by atoms with van der Waals surface area (Å²) >= 11 is 0. The molecule has 0 aliphatic carbocycles. The van der Waals surface area contributed by atoms with Crippen LogP contribution in [0.4, 0.5) is 20.2 Å². The van der Waals surface area contributed by atoms with Crippen molar-refractivity contribution in [2.75, 3.05) is 17.2 Å². The maximum Gasteiger partial charge on any atom is 0.261 e. The maximum absolute atomic E-state index is 13.9. The molecule has 21 heavy (non-hydrogen) atoms. The van der Waals surface area contributed by atoms with Crippen LogP contribution in [0.25, 0.3) is 0 Å². The van der Waals surface area contributed by atoms with Gasteiger partial charge < -0.3 is 10.6 Å². The summed E-state index contributed by atoms with van der Waals surface area (Å²) in [6.45, 7) is 0.507. The van der Waals surface area contributed by atoms with E-state index >= 15 is 0 Å². The van der Waals surface area contributed by atoms with E-state index in [4.69, 9.17) is 5.73 Å². The van der Waals surface area contributed by atoms with Gasteiger partial charge in [-0.05, 0) is 30.5 Å². The second kappa shape index (κ2) is 5.16. The first-order chi connectivity index (χ1) is 10.1. The second-order valence-electron chi connectivity index (χ2n) is 5.04. The van der Waals surface area contributed by atoms with Gasteiger partial charge in [0.15, 0.2) is 0 Å². The molecule has 1 aliphatic rings. The van der Waals surface area contributed by atoms with Crippen molar-refractivity contribution in [2.45, 2.75) is 12.8 Å². The summed E-state index contributed by atoms with van der Waals surface area (Å²) < 4.78 is 27.1. The maximum atomic E-state index is 13.9. The Labute approximate surface area is 121 Å². The highest BCUT2D eigenvalue weighted by Gasteiger charge is 2.26. The summed E-state index contributed by atoms with van der Waals surface area (Å²) in [4.78, 5) is 14.1. The highest BCUT2D eigenvalue weighted by Crippen LogP contribution is 2.29. The Morgan fingerprint density at radius 1 is 1.14 bits per heavy atom. The zero-order valence-corrected chi connectivity index (χ0v) is 11.3. The van der Waals surface area contributed by atoms with Crippen molar-refractivity contribution in [3.05, 3.63) is 59.2 Å². The predicted molar refractivity (Wildman–Crippen MR) is 77.2 cm³/mol. The van der Waals surface area contributed by atoms with Gasteiger partial charge in [-0.1, -0.05) is 18.2 Å². The molecular formula is C16H14F2N2O. The Kier molecular flexibility index (Phi) is 3.33. The minimum atomic E-state index is -0.894. The first-order valence-corrected chi connectivity index (χ1v) is 6.72. The minimum absolute atomic E-state index is 0.203. The van der Waals surface area contributed by atoms with Gasteiger partial charge in [0.25, 0.3) is 5.91 Å². The third kappa shape index (κ3) is 2.35. The topological polar surface area (TPSA) is 46.3 Å². The Hall–Kier alpha value is -2.43. The van der Waals surface area contributed by atoms with Gasteiger partial charge in [-0.25, -0.2) is 8.78 Å². The van der Waals surface area contributed by atoms with Crippen LogP contribution in [0.15, 0.2) is 36.4 Å². The van der Waals surface area contributed by atoms with Gasteiger partial charge >= 0.3 is 0 Å². The van der Waals surface area contributed by atoms with E-state index in [9.17, 15) is 13.6 Å². The number of nitrogens with two attached hydrogens (primary N) is 1. The summed E-state index contributed by atoms with van der Waals surface area (Å²) in [7, 11) is 0. The molecule has 0 spiro atoms. The van der Waals surface area contributed by atoms with Crippen molar-refractivity contribution in [3.8, 4) is 0 Å². The molecule has 2 N–H and O–H groups in total. The molecule has 0 fully saturated rings. The molecule has 0 saturated heterocycles. The molecule has 0 aromatic heterocycles. The lowest BCUT2D eigenvalue weighted by Gasteiger charge is -2.29. The van der Waals surface area contributed by atoms with Crippen molar-refractivity contribution in [3.63, 3.8) is 0 Å². The third-order valence-corrected chi connectivity index (χ3v) is 3.67. The smallest absolute Gasteiger partial charge is 0.261 e. The summed E-state index contributed by atoms with van der Waals surface area (Å²) in [5, 5.41) is 0. The van der Waals surface area contributed by atoms with Crippen LogP contribution in [0.3, 0.4) is 0 Å². The van der Waals surface area contributed by atoms with E-state index < -0.39 is 17.5 Å². The number of benzene rings is 2. The number of halogens is 2. The van der Waals surface area contributed by atoms with Gasteiger partial charge in [-0.15, -0.1) is 0 Å². The molecule has 2 aromatic carbocycles.